The fourth-order valence-electron chi connectivity index (χ4n) is 2.33. The number of hydrogen-bond acceptors (Lipinski definition) is 6. The van der Waals surface area contributed by atoms with Crippen LogP contribution in [0, 0.1) is 0 Å². The van der Waals surface area contributed by atoms with Crippen LogP contribution in [0.3, 0.4) is 0 Å². The van der Waals surface area contributed by atoms with Gasteiger partial charge < -0.3 is 14.7 Å². The number of carboxylic acid groups (broad SMARTS) is 1. The number of anilines is 1. The number of fused-ring (bicyclic) bond motifs is 1. The van der Waals surface area contributed by atoms with E-state index in [1.807, 2.05) is 17.0 Å². The van der Waals surface area contributed by atoms with E-state index < -0.39 is 5.97 Å². The van der Waals surface area contributed by atoms with Gasteiger partial charge in [0, 0.05) is 18.9 Å². The summed E-state index contributed by atoms with van der Waals surface area (Å²) in [5, 5.41) is 8.98. The van der Waals surface area contributed by atoms with Crippen molar-refractivity contribution >= 4 is 23.0 Å². The van der Waals surface area contributed by atoms with Gasteiger partial charge in [-0.25, -0.2) is 9.97 Å². The van der Waals surface area contributed by atoms with Crippen molar-refractivity contribution in [1.29, 1.82) is 0 Å². The summed E-state index contributed by atoms with van der Waals surface area (Å²) in [6.07, 6.45) is 3.24. The maximum atomic E-state index is 10.9. The highest BCUT2D eigenvalue weighted by molar-refractivity contribution is 5.72. The molecule has 7 heteroatoms. The third kappa shape index (κ3) is 2.53. The van der Waals surface area contributed by atoms with Crippen LogP contribution in [0.4, 0.5) is 5.82 Å². The predicted octanol–water partition coefficient (Wildman–Crippen LogP) is 0.705. The third-order valence-electron chi connectivity index (χ3n) is 3.25. The molecule has 0 spiro atoms. The zero-order valence-corrected chi connectivity index (χ0v) is 10.8. The summed E-state index contributed by atoms with van der Waals surface area (Å²) in [7, 11) is 0. The molecule has 1 fully saturated rings. The first-order valence-corrected chi connectivity index (χ1v) is 6.38. The van der Waals surface area contributed by atoms with Gasteiger partial charge in [-0.15, -0.1) is 0 Å². The van der Waals surface area contributed by atoms with E-state index in [0.29, 0.717) is 31.2 Å². The Morgan fingerprint density at radius 2 is 2.25 bits per heavy atom. The lowest BCUT2D eigenvalue weighted by atomic mass is 10.1. The maximum absolute atomic E-state index is 10.9. The fourth-order valence-corrected chi connectivity index (χ4v) is 2.33. The minimum atomic E-state index is -0.842. The van der Waals surface area contributed by atoms with Gasteiger partial charge in [-0.05, 0) is 12.1 Å². The molecule has 104 valence electrons. The van der Waals surface area contributed by atoms with Gasteiger partial charge in [0.25, 0.3) is 0 Å². The normalized spacial score (nSPS) is 19.2. The van der Waals surface area contributed by atoms with E-state index >= 15 is 0 Å². The number of hydrogen-bond donors (Lipinski definition) is 1. The number of carboxylic acids is 1. The van der Waals surface area contributed by atoms with Gasteiger partial charge in [-0.2, -0.15) is 0 Å². The Labute approximate surface area is 115 Å². The molecule has 3 heterocycles. The van der Waals surface area contributed by atoms with Crippen LogP contribution in [0.15, 0.2) is 24.5 Å². The van der Waals surface area contributed by atoms with Gasteiger partial charge in [-0.1, -0.05) is 0 Å². The standard InChI is InChI=1S/C13H14N4O3/c18-12(19)7-9-8-20-6-5-17(9)11-2-1-10-13(16-11)15-4-3-14-10/h1-4,9H,5-8H2,(H,18,19). The summed E-state index contributed by atoms with van der Waals surface area (Å²) in [5.74, 6) is -0.126. The summed E-state index contributed by atoms with van der Waals surface area (Å²) < 4.78 is 5.36. The Kier molecular flexibility index (Phi) is 3.42. The average molecular weight is 274 g/mol. The van der Waals surface area contributed by atoms with E-state index in [1.54, 1.807) is 12.4 Å². The molecule has 2 aromatic heterocycles. The number of ether oxygens (including phenoxy) is 1. The molecular weight excluding hydrogens is 260 g/mol. The van der Waals surface area contributed by atoms with E-state index in [4.69, 9.17) is 9.84 Å². The molecule has 1 atom stereocenters. The van der Waals surface area contributed by atoms with Crippen LogP contribution in [0.5, 0.6) is 0 Å². The molecule has 7 nitrogen and oxygen atoms in total. The van der Waals surface area contributed by atoms with Crippen molar-refractivity contribution in [2.45, 2.75) is 12.5 Å². The van der Waals surface area contributed by atoms with Gasteiger partial charge in [0.1, 0.15) is 11.3 Å². The number of carbonyl (C=O) groups is 1. The van der Waals surface area contributed by atoms with Crippen molar-refractivity contribution in [3.05, 3.63) is 24.5 Å². The molecule has 1 aliphatic rings. The summed E-state index contributed by atoms with van der Waals surface area (Å²) in [6.45, 7) is 1.58. The van der Waals surface area contributed by atoms with E-state index in [9.17, 15) is 4.79 Å². The van der Waals surface area contributed by atoms with E-state index in [-0.39, 0.29) is 12.5 Å². The maximum Gasteiger partial charge on any atom is 0.305 e. The minimum Gasteiger partial charge on any atom is -0.481 e. The highest BCUT2D eigenvalue weighted by atomic mass is 16.5. The minimum absolute atomic E-state index is 0.0280. The van der Waals surface area contributed by atoms with E-state index in [0.717, 1.165) is 5.52 Å². The van der Waals surface area contributed by atoms with Crippen LogP contribution >= 0.6 is 0 Å². The topological polar surface area (TPSA) is 88.4 Å². The summed E-state index contributed by atoms with van der Waals surface area (Å²) >= 11 is 0. The first-order chi connectivity index (χ1) is 9.74. The quantitative estimate of drug-likeness (QED) is 0.881. The molecule has 0 amide bonds. The molecule has 20 heavy (non-hydrogen) atoms. The third-order valence-corrected chi connectivity index (χ3v) is 3.25. The number of aliphatic carboxylic acids is 1. The van der Waals surface area contributed by atoms with Crippen LogP contribution in [0.2, 0.25) is 0 Å². The Hall–Kier alpha value is -2.28. The first kappa shape index (κ1) is 12.7. The van der Waals surface area contributed by atoms with Crippen LogP contribution in [0.1, 0.15) is 6.42 Å². The van der Waals surface area contributed by atoms with Crippen LogP contribution in [-0.2, 0) is 9.53 Å². The monoisotopic (exact) mass is 274 g/mol. The van der Waals surface area contributed by atoms with Gasteiger partial charge in [0.15, 0.2) is 5.65 Å². The Morgan fingerprint density at radius 1 is 1.40 bits per heavy atom. The van der Waals surface area contributed by atoms with Gasteiger partial charge in [0.2, 0.25) is 0 Å². The number of morpholine rings is 1. The summed E-state index contributed by atoms with van der Waals surface area (Å²) in [4.78, 5) is 25.7. The number of rotatable bonds is 3. The molecule has 1 saturated heterocycles. The number of nitrogens with zero attached hydrogens (tertiary/aromatic N) is 4. The van der Waals surface area contributed by atoms with Crippen molar-refractivity contribution in [3.8, 4) is 0 Å². The molecule has 1 aliphatic heterocycles. The molecule has 3 rings (SSSR count). The molecule has 0 aliphatic carbocycles. The lowest BCUT2D eigenvalue weighted by Gasteiger charge is -2.35. The molecule has 1 unspecified atom stereocenters. The molecule has 0 radical (unpaired) electrons. The average Bonchev–Trinajstić information content (AvgIpc) is 2.47. The van der Waals surface area contributed by atoms with Crippen molar-refractivity contribution in [1.82, 2.24) is 15.0 Å². The molecule has 0 bridgehead atoms. The molecule has 2 aromatic rings. The smallest absolute Gasteiger partial charge is 0.305 e. The molecule has 0 aromatic carbocycles. The SMILES string of the molecule is O=C(O)CC1COCCN1c1ccc2nccnc2n1. The highest BCUT2D eigenvalue weighted by Crippen LogP contribution is 2.21. The lowest BCUT2D eigenvalue weighted by molar-refractivity contribution is -0.138. The van der Waals surface area contributed by atoms with Crippen LogP contribution in [-0.4, -0.2) is 51.8 Å². The zero-order valence-electron chi connectivity index (χ0n) is 10.8. The fraction of sp³-hybridized carbons (Fsp3) is 0.385. The highest BCUT2D eigenvalue weighted by Gasteiger charge is 2.26. The largest absolute Gasteiger partial charge is 0.481 e. The van der Waals surface area contributed by atoms with Crippen LogP contribution < -0.4 is 4.90 Å². The van der Waals surface area contributed by atoms with Crippen LogP contribution in [0.25, 0.3) is 11.2 Å². The summed E-state index contributed by atoms with van der Waals surface area (Å²) in [5.41, 5.74) is 1.28. The summed E-state index contributed by atoms with van der Waals surface area (Å²) in [6, 6.07) is 3.48. The second kappa shape index (κ2) is 5.38. The van der Waals surface area contributed by atoms with Gasteiger partial charge in [-0.3, -0.25) is 9.78 Å². The van der Waals surface area contributed by atoms with Crippen molar-refractivity contribution in [2.75, 3.05) is 24.7 Å². The van der Waals surface area contributed by atoms with Crippen molar-refractivity contribution < 1.29 is 14.6 Å². The second-order valence-electron chi connectivity index (χ2n) is 4.59. The van der Waals surface area contributed by atoms with Gasteiger partial charge >= 0.3 is 5.97 Å². The van der Waals surface area contributed by atoms with Gasteiger partial charge in [0.05, 0.1) is 25.7 Å². The molecular formula is C13H14N4O3. The van der Waals surface area contributed by atoms with Crippen molar-refractivity contribution in [3.63, 3.8) is 0 Å². The first-order valence-electron chi connectivity index (χ1n) is 6.38. The molecule has 1 N–H and O–H groups in total. The lowest BCUT2D eigenvalue weighted by Crippen LogP contribution is -2.47. The van der Waals surface area contributed by atoms with E-state index in [1.165, 1.54) is 0 Å². The number of aromatic nitrogens is 3. The molecule has 0 saturated carbocycles. The predicted molar refractivity (Wildman–Crippen MR) is 71.5 cm³/mol. The second-order valence-corrected chi connectivity index (χ2v) is 4.59. The Morgan fingerprint density at radius 3 is 3.10 bits per heavy atom. The van der Waals surface area contributed by atoms with E-state index in [2.05, 4.69) is 15.0 Å². The Bertz CT molecular complexity index is 634. The zero-order chi connectivity index (χ0) is 13.9. The Balaban J connectivity index is 1.92. The number of pyridine rings is 1. The van der Waals surface area contributed by atoms with Crippen molar-refractivity contribution in [2.24, 2.45) is 0 Å².